The molecule has 0 aromatic heterocycles. The molecule has 1 unspecified atom stereocenters. The summed E-state index contributed by atoms with van der Waals surface area (Å²) in [5, 5.41) is 3.10. The lowest BCUT2D eigenvalue weighted by molar-refractivity contribution is -0.140. The van der Waals surface area contributed by atoms with Crippen molar-refractivity contribution in [1.29, 1.82) is 0 Å². The highest BCUT2D eigenvalue weighted by molar-refractivity contribution is 6.21. The normalized spacial score (nSPS) is 11.4. The standard InChI is InChI=1S/C12H14ClN3O2/c1-18-12(17)7-4-9-2-5-10(6-3-9)11(13)8-15-16-14/h2-3,5-6,11H,4,7-8H2,1H3. The molecule has 18 heavy (non-hydrogen) atoms. The van der Waals surface area contributed by atoms with Gasteiger partial charge in [0.05, 0.1) is 12.5 Å². The molecular formula is C12H14ClN3O2. The smallest absolute Gasteiger partial charge is 0.305 e. The molecule has 1 atom stereocenters. The molecular weight excluding hydrogens is 254 g/mol. The molecule has 0 aliphatic heterocycles. The minimum atomic E-state index is -0.324. The van der Waals surface area contributed by atoms with Crippen LogP contribution in [0.5, 0.6) is 0 Å². The molecule has 6 heteroatoms. The van der Waals surface area contributed by atoms with Crippen molar-refractivity contribution in [3.63, 3.8) is 0 Å². The monoisotopic (exact) mass is 267 g/mol. The molecule has 0 saturated carbocycles. The average Bonchev–Trinajstić information content (AvgIpc) is 2.42. The molecule has 0 heterocycles. The quantitative estimate of drug-likeness (QED) is 0.260. The van der Waals surface area contributed by atoms with Gasteiger partial charge in [0.1, 0.15) is 0 Å². The molecule has 0 saturated heterocycles. The molecule has 0 aliphatic carbocycles. The number of esters is 1. The summed E-state index contributed by atoms with van der Waals surface area (Å²) in [4.78, 5) is 13.7. The first-order valence-corrected chi connectivity index (χ1v) is 5.91. The molecule has 0 N–H and O–H groups in total. The zero-order valence-corrected chi connectivity index (χ0v) is 10.8. The molecule has 0 radical (unpaired) electrons. The van der Waals surface area contributed by atoms with Gasteiger partial charge in [0.2, 0.25) is 0 Å². The van der Waals surface area contributed by atoms with E-state index in [0.717, 1.165) is 11.1 Å². The van der Waals surface area contributed by atoms with Gasteiger partial charge in [0.25, 0.3) is 0 Å². The number of nitrogens with zero attached hydrogens (tertiary/aromatic N) is 3. The predicted octanol–water partition coefficient (Wildman–Crippen LogP) is 3.38. The van der Waals surface area contributed by atoms with Crippen LogP contribution >= 0.6 is 11.6 Å². The summed E-state index contributed by atoms with van der Waals surface area (Å²) in [6, 6.07) is 7.56. The highest BCUT2D eigenvalue weighted by Crippen LogP contribution is 2.21. The van der Waals surface area contributed by atoms with Crippen LogP contribution in [0, 0.1) is 0 Å². The van der Waals surface area contributed by atoms with Gasteiger partial charge in [0.15, 0.2) is 0 Å². The maximum absolute atomic E-state index is 11.0. The van der Waals surface area contributed by atoms with Gasteiger partial charge in [0, 0.05) is 17.9 Å². The van der Waals surface area contributed by atoms with Crippen molar-refractivity contribution in [2.45, 2.75) is 18.2 Å². The third-order valence-corrected chi connectivity index (χ3v) is 2.88. The minimum absolute atomic E-state index is 0.222. The first kappa shape index (κ1) is 14.4. The molecule has 0 amide bonds. The van der Waals surface area contributed by atoms with E-state index in [1.165, 1.54) is 7.11 Å². The molecule has 1 aromatic rings. The minimum Gasteiger partial charge on any atom is -0.469 e. The van der Waals surface area contributed by atoms with Gasteiger partial charge in [-0.05, 0) is 23.1 Å². The first-order chi connectivity index (χ1) is 8.67. The number of carbonyl (C=O) groups is 1. The molecule has 0 spiro atoms. The predicted molar refractivity (Wildman–Crippen MR) is 69.4 cm³/mol. The lowest BCUT2D eigenvalue weighted by atomic mass is 10.1. The highest BCUT2D eigenvalue weighted by Gasteiger charge is 2.07. The van der Waals surface area contributed by atoms with E-state index in [1.807, 2.05) is 24.3 Å². The van der Waals surface area contributed by atoms with Crippen molar-refractivity contribution in [2.24, 2.45) is 5.11 Å². The van der Waals surface area contributed by atoms with E-state index in [0.29, 0.717) is 12.8 Å². The molecule has 5 nitrogen and oxygen atoms in total. The Labute approximate surface area is 110 Å². The zero-order chi connectivity index (χ0) is 13.4. The van der Waals surface area contributed by atoms with Crippen LogP contribution in [-0.4, -0.2) is 19.6 Å². The van der Waals surface area contributed by atoms with Crippen LogP contribution in [0.25, 0.3) is 10.4 Å². The Balaban J connectivity index is 2.56. The lowest BCUT2D eigenvalue weighted by Gasteiger charge is -2.07. The number of aryl methyl sites for hydroxylation is 1. The van der Waals surface area contributed by atoms with Crippen LogP contribution < -0.4 is 0 Å². The molecule has 0 aliphatic rings. The maximum atomic E-state index is 11.0. The highest BCUT2D eigenvalue weighted by atomic mass is 35.5. The Kier molecular flexibility index (Phi) is 6.05. The summed E-state index contributed by atoms with van der Waals surface area (Å²) in [6.45, 7) is 0.222. The number of rotatable bonds is 6. The fourth-order valence-electron chi connectivity index (χ4n) is 1.46. The number of alkyl halides is 1. The molecule has 0 bridgehead atoms. The van der Waals surface area contributed by atoms with Gasteiger partial charge in [-0.25, -0.2) is 0 Å². The van der Waals surface area contributed by atoms with E-state index < -0.39 is 0 Å². The average molecular weight is 268 g/mol. The van der Waals surface area contributed by atoms with Crippen molar-refractivity contribution in [3.05, 3.63) is 45.8 Å². The molecule has 0 fully saturated rings. The lowest BCUT2D eigenvalue weighted by Crippen LogP contribution is -2.02. The van der Waals surface area contributed by atoms with Gasteiger partial charge in [-0.1, -0.05) is 29.4 Å². The van der Waals surface area contributed by atoms with Crippen molar-refractivity contribution in [2.75, 3.05) is 13.7 Å². The van der Waals surface area contributed by atoms with Gasteiger partial charge >= 0.3 is 5.97 Å². The van der Waals surface area contributed by atoms with Gasteiger partial charge in [-0.2, -0.15) is 0 Å². The van der Waals surface area contributed by atoms with E-state index >= 15 is 0 Å². The number of hydrogen-bond acceptors (Lipinski definition) is 3. The fraction of sp³-hybridized carbons (Fsp3) is 0.417. The number of hydrogen-bond donors (Lipinski definition) is 0. The molecule has 1 rings (SSSR count). The number of halogens is 1. The fourth-order valence-corrected chi connectivity index (χ4v) is 1.66. The van der Waals surface area contributed by atoms with Crippen LogP contribution in [-0.2, 0) is 16.0 Å². The van der Waals surface area contributed by atoms with Crippen molar-refractivity contribution < 1.29 is 9.53 Å². The summed E-state index contributed by atoms with van der Waals surface area (Å²) >= 11 is 6.05. The Morgan fingerprint density at radius 3 is 2.72 bits per heavy atom. The number of benzene rings is 1. The third kappa shape index (κ3) is 4.65. The third-order valence-electron chi connectivity index (χ3n) is 2.49. The second-order valence-electron chi connectivity index (χ2n) is 3.70. The van der Waals surface area contributed by atoms with E-state index in [-0.39, 0.29) is 17.9 Å². The van der Waals surface area contributed by atoms with Gasteiger partial charge < -0.3 is 4.74 Å². The Morgan fingerprint density at radius 2 is 2.17 bits per heavy atom. The van der Waals surface area contributed by atoms with Crippen molar-refractivity contribution >= 4 is 17.6 Å². The largest absolute Gasteiger partial charge is 0.469 e. The summed E-state index contributed by atoms with van der Waals surface area (Å²) in [5.74, 6) is -0.224. The number of methoxy groups -OCH3 is 1. The topological polar surface area (TPSA) is 75.1 Å². The molecule has 1 aromatic carbocycles. The van der Waals surface area contributed by atoms with E-state index in [2.05, 4.69) is 14.8 Å². The number of ether oxygens (including phenoxy) is 1. The van der Waals surface area contributed by atoms with E-state index in [4.69, 9.17) is 17.1 Å². The second-order valence-corrected chi connectivity index (χ2v) is 4.23. The maximum Gasteiger partial charge on any atom is 0.305 e. The summed E-state index contributed by atoms with van der Waals surface area (Å²) in [6.07, 6.45) is 0.995. The Bertz CT molecular complexity index is 441. The van der Waals surface area contributed by atoms with Crippen LogP contribution in [0.2, 0.25) is 0 Å². The summed E-state index contributed by atoms with van der Waals surface area (Å²) < 4.78 is 4.57. The first-order valence-electron chi connectivity index (χ1n) is 5.48. The number of carbonyl (C=O) groups excluding carboxylic acids is 1. The van der Waals surface area contributed by atoms with Crippen molar-refractivity contribution in [1.82, 2.24) is 0 Å². The summed E-state index contributed by atoms with van der Waals surface area (Å²) in [7, 11) is 1.37. The SMILES string of the molecule is COC(=O)CCc1ccc(C(Cl)CN=[N+]=[N-])cc1. The van der Waals surface area contributed by atoms with Gasteiger partial charge in [-0.3, -0.25) is 4.79 Å². The van der Waals surface area contributed by atoms with Crippen LogP contribution in [0.1, 0.15) is 22.9 Å². The molecule has 96 valence electrons. The zero-order valence-electron chi connectivity index (χ0n) is 10.0. The Morgan fingerprint density at radius 1 is 1.50 bits per heavy atom. The van der Waals surface area contributed by atoms with Crippen LogP contribution in [0.3, 0.4) is 0 Å². The number of azide groups is 1. The Hall–Kier alpha value is -1.71. The van der Waals surface area contributed by atoms with Crippen LogP contribution in [0.4, 0.5) is 0 Å². The van der Waals surface area contributed by atoms with Gasteiger partial charge in [-0.15, -0.1) is 11.6 Å². The summed E-state index contributed by atoms with van der Waals surface area (Å²) in [5.41, 5.74) is 10.1. The second kappa shape index (κ2) is 7.58. The van der Waals surface area contributed by atoms with Crippen molar-refractivity contribution in [3.8, 4) is 0 Å². The van der Waals surface area contributed by atoms with E-state index in [9.17, 15) is 4.79 Å². The van der Waals surface area contributed by atoms with E-state index in [1.54, 1.807) is 0 Å². The van der Waals surface area contributed by atoms with Crippen LogP contribution in [0.15, 0.2) is 29.4 Å².